The van der Waals surface area contributed by atoms with Gasteiger partial charge in [0.15, 0.2) is 9.84 Å². The first-order chi connectivity index (χ1) is 11.8. The van der Waals surface area contributed by atoms with Gasteiger partial charge in [-0.1, -0.05) is 30.3 Å². The summed E-state index contributed by atoms with van der Waals surface area (Å²) in [6.07, 6.45) is 3.32. The molecule has 0 saturated carbocycles. The van der Waals surface area contributed by atoms with Crippen molar-refractivity contribution >= 4 is 26.6 Å². The molecule has 2 N–H and O–H groups in total. The lowest BCUT2D eigenvalue weighted by molar-refractivity contribution is -0.121. The molecular formula is C19H20N2O3S. The van der Waals surface area contributed by atoms with E-state index in [-0.39, 0.29) is 23.3 Å². The minimum atomic E-state index is -3.21. The molecular weight excluding hydrogens is 336 g/mol. The van der Waals surface area contributed by atoms with E-state index in [9.17, 15) is 13.2 Å². The van der Waals surface area contributed by atoms with Crippen molar-refractivity contribution in [2.45, 2.75) is 24.3 Å². The Balaban J connectivity index is 1.68. The van der Waals surface area contributed by atoms with Gasteiger partial charge in [-0.05, 0) is 36.2 Å². The van der Waals surface area contributed by atoms with Gasteiger partial charge in [0.2, 0.25) is 5.91 Å². The molecule has 1 atom stereocenters. The van der Waals surface area contributed by atoms with Crippen LogP contribution in [0.2, 0.25) is 0 Å². The molecule has 1 amide bonds. The minimum Gasteiger partial charge on any atom is -0.361 e. The highest BCUT2D eigenvalue weighted by Crippen LogP contribution is 2.19. The highest BCUT2D eigenvalue weighted by Gasteiger charge is 2.13. The molecule has 2 aromatic carbocycles. The normalized spacial score (nSPS) is 12.9. The smallest absolute Gasteiger partial charge is 0.224 e. The number of para-hydroxylation sites is 1. The van der Waals surface area contributed by atoms with E-state index >= 15 is 0 Å². The number of fused-ring (bicyclic) bond motifs is 1. The molecule has 0 fully saturated rings. The Morgan fingerprint density at radius 2 is 1.80 bits per heavy atom. The number of rotatable bonds is 5. The molecule has 3 rings (SSSR count). The summed E-state index contributed by atoms with van der Waals surface area (Å²) in [5.74, 6) is -0.0792. The molecule has 25 heavy (non-hydrogen) atoms. The summed E-state index contributed by atoms with van der Waals surface area (Å²) in [4.78, 5) is 15.8. The van der Waals surface area contributed by atoms with Crippen LogP contribution in [0.1, 0.15) is 24.1 Å². The number of benzene rings is 2. The Morgan fingerprint density at radius 1 is 1.12 bits per heavy atom. The number of carbonyl (C=O) groups excluding carboxylic acids is 1. The molecule has 0 saturated heterocycles. The van der Waals surface area contributed by atoms with Crippen LogP contribution in [0, 0.1) is 0 Å². The second kappa shape index (κ2) is 6.72. The molecule has 5 nitrogen and oxygen atoms in total. The number of amides is 1. The monoisotopic (exact) mass is 356 g/mol. The predicted octanol–water partition coefficient (Wildman–Crippen LogP) is 2.99. The molecule has 0 radical (unpaired) electrons. The molecule has 130 valence electrons. The standard InChI is InChI=1S/C19H20N2O3S/c1-13(14-7-9-16(10-8-14)25(2,23)24)21-19(22)11-15-12-20-18-6-4-3-5-17(15)18/h3-10,12-13,20H,11H2,1-2H3,(H,21,22). The number of aromatic amines is 1. The Hall–Kier alpha value is -2.60. The fourth-order valence-corrected chi connectivity index (χ4v) is 3.46. The number of aromatic nitrogens is 1. The average Bonchev–Trinajstić information content (AvgIpc) is 2.97. The number of H-pyrrole nitrogens is 1. The van der Waals surface area contributed by atoms with E-state index in [1.54, 1.807) is 24.3 Å². The van der Waals surface area contributed by atoms with Crippen LogP contribution >= 0.6 is 0 Å². The zero-order valence-corrected chi connectivity index (χ0v) is 14.9. The SMILES string of the molecule is CC(NC(=O)Cc1c[nH]c2ccccc12)c1ccc(S(C)(=O)=O)cc1. The highest BCUT2D eigenvalue weighted by atomic mass is 32.2. The fourth-order valence-electron chi connectivity index (χ4n) is 2.83. The van der Waals surface area contributed by atoms with E-state index in [2.05, 4.69) is 10.3 Å². The largest absolute Gasteiger partial charge is 0.361 e. The molecule has 6 heteroatoms. The molecule has 0 aliphatic rings. The Labute approximate surface area is 147 Å². The third kappa shape index (κ3) is 3.91. The maximum absolute atomic E-state index is 12.3. The first-order valence-electron chi connectivity index (χ1n) is 7.99. The van der Waals surface area contributed by atoms with Gasteiger partial charge >= 0.3 is 0 Å². The number of hydrogen-bond donors (Lipinski definition) is 2. The predicted molar refractivity (Wildman–Crippen MR) is 98.1 cm³/mol. The molecule has 3 aromatic rings. The maximum Gasteiger partial charge on any atom is 0.224 e. The van der Waals surface area contributed by atoms with Crippen LogP contribution in [0.15, 0.2) is 59.6 Å². The summed E-state index contributed by atoms with van der Waals surface area (Å²) in [6, 6.07) is 14.2. The lowest BCUT2D eigenvalue weighted by Crippen LogP contribution is -2.28. The van der Waals surface area contributed by atoms with E-state index < -0.39 is 9.84 Å². The van der Waals surface area contributed by atoms with Crippen molar-refractivity contribution in [3.8, 4) is 0 Å². The number of hydrogen-bond acceptors (Lipinski definition) is 3. The quantitative estimate of drug-likeness (QED) is 0.738. The molecule has 0 aliphatic carbocycles. The Bertz CT molecular complexity index is 1000. The van der Waals surface area contributed by atoms with Gasteiger partial charge in [0.05, 0.1) is 17.4 Å². The summed E-state index contributed by atoms with van der Waals surface area (Å²) in [7, 11) is -3.21. The second-order valence-electron chi connectivity index (χ2n) is 6.17. The zero-order valence-electron chi connectivity index (χ0n) is 14.1. The van der Waals surface area contributed by atoms with Crippen molar-refractivity contribution in [2.24, 2.45) is 0 Å². The van der Waals surface area contributed by atoms with Gasteiger partial charge < -0.3 is 10.3 Å². The van der Waals surface area contributed by atoms with E-state index in [4.69, 9.17) is 0 Å². The number of sulfone groups is 1. The van der Waals surface area contributed by atoms with Crippen molar-refractivity contribution < 1.29 is 13.2 Å². The summed E-state index contributed by atoms with van der Waals surface area (Å²) in [5.41, 5.74) is 2.82. The van der Waals surface area contributed by atoms with Crippen LogP contribution < -0.4 is 5.32 Å². The van der Waals surface area contributed by atoms with Crippen molar-refractivity contribution in [3.05, 3.63) is 65.9 Å². The molecule has 0 bridgehead atoms. The summed E-state index contributed by atoms with van der Waals surface area (Å²) >= 11 is 0. The summed E-state index contributed by atoms with van der Waals surface area (Å²) < 4.78 is 23.0. The van der Waals surface area contributed by atoms with Gasteiger partial charge in [-0.15, -0.1) is 0 Å². The summed E-state index contributed by atoms with van der Waals surface area (Å²) in [5, 5.41) is 4.00. The van der Waals surface area contributed by atoms with Crippen molar-refractivity contribution in [2.75, 3.05) is 6.26 Å². The van der Waals surface area contributed by atoms with E-state index in [1.807, 2.05) is 37.4 Å². The minimum absolute atomic E-state index is 0.0792. The molecule has 0 spiro atoms. The molecule has 0 aliphatic heterocycles. The van der Waals surface area contributed by atoms with Gasteiger partial charge in [0.1, 0.15) is 0 Å². The first-order valence-corrected chi connectivity index (χ1v) is 9.88. The molecule has 1 unspecified atom stereocenters. The van der Waals surface area contributed by atoms with Gasteiger partial charge in [-0.25, -0.2) is 8.42 Å². The van der Waals surface area contributed by atoms with Crippen LogP contribution in [-0.4, -0.2) is 25.6 Å². The van der Waals surface area contributed by atoms with Crippen LogP contribution in [-0.2, 0) is 21.1 Å². The third-order valence-electron chi connectivity index (χ3n) is 4.21. The van der Waals surface area contributed by atoms with E-state index in [1.165, 1.54) is 6.26 Å². The summed E-state index contributed by atoms with van der Waals surface area (Å²) in [6.45, 7) is 1.88. The first kappa shape index (κ1) is 17.2. The van der Waals surface area contributed by atoms with Gasteiger partial charge in [-0.3, -0.25) is 4.79 Å². The zero-order chi connectivity index (χ0) is 18.0. The molecule has 1 aromatic heterocycles. The van der Waals surface area contributed by atoms with Crippen molar-refractivity contribution in [1.29, 1.82) is 0 Å². The van der Waals surface area contributed by atoms with Crippen molar-refractivity contribution in [3.63, 3.8) is 0 Å². The number of carbonyl (C=O) groups is 1. The molecule has 1 heterocycles. The fraction of sp³-hybridized carbons (Fsp3) is 0.211. The maximum atomic E-state index is 12.3. The third-order valence-corrected chi connectivity index (χ3v) is 5.34. The Morgan fingerprint density at radius 3 is 2.48 bits per heavy atom. The average molecular weight is 356 g/mol. The van der Waals surface area contributed by atoms with Crippen molar-refractivity contribution in [1.82, 2.24) is 10.3 Å². The van der Waals surface area contributed by atoms with Gasteiger partial charge in [-0.2, -0.15) is 0 Å². The lowest BCUT2D eigenvalue weighted by Gasteiger charge is -2.14. The van der Waals surface area contributed by atoms with Crippen LogP contribution in [0.5, 0.6) is 0 Å². The van der Waals surface area contributed by atoms with Gasteiger partial charge in [0, 0.05) is 23.4 Å². The van der Waals surface area contributed by atoms with Crippen LogP contribution in [0.25, 0.3) is 10.9 Å². The topological polar surface area (TPSA) is 79.0 Å². The van der Waals surface area contributed by atoms with E-state index in [0.29, 0.717) is 0 Å². The van der Waals surface area contributed by atoms with E-state index in [0.717, 1.165) is 22.0 Å². The highest BCUT2D eigenvalue weighted by molar-refractivity contribution is 7.90. The van der Waals surface area contributed by atoms with Crippen LogP contribution in [0.4, 0.5) is 0 Å². The van der Waals surface area contributed by atoms with Crippen LogP contribution in [0.3, 0.4) is 0 Å². The lowest BCUT2D eigenvalue weighted by atomic mass is 10.1. The second-order valence-corrected chi connectivity index (χ2v) is 8.18. The number of nitrogens with one attached hydrogen (secondary N) is 2. The Kier molecular flexibility index (Phi) is 4.63. The van der Waals surface area contributed by atoms with Gasteiger partial charge in [0.25, 0.3) is 0 Å².